The second-order valence-electron chi connectivity index (χ2n) is 10.3. The number of benzene rings is 2. The molecule has 0 aliphatic heterocycles. The van der Waals surface area contributed by atoms with Crippen LogP contribution in [0.25, 0.3) is 0 Å². The molecule has 12 heteroatoms. The smallest absolute Gasteiger partial charge is 0.385 e. The molecule has 0 aromatic heterocycles. The van der Waals surface area contributed by atoms with E-state index >= 15 is 0 Å². The maximum Gasteiger partial charge on any atom is 0.694 e. The molecule has 3 N–H and O–H groups in total. The molecule has 1 saturated carbocycles. The van der Waals surface area contributed by atoms with Crippen LogP contribution in [0.4, 0.5) is 32.0 Å². The predicted molar refractivity (Wildman–Crippen MR) is 142 cm³/mol. The summed E-state index contributed by atoms with van der Waals surface area (Å²) in [5.41, 5.74) is -0.129. The van der Waals surface area contributed by atoms with Crippen LogP contribution >= 0.6 is 8.25 Å². The molecule has 0 radical (unpaired) electrons. The molecule has 0 spiro atoms. The minimum absolute atomic E-state index is 0.00394. The summed E-state index contributed by atoms with van der Waals surface area (Å²) in [6.07, 6.45) is 2.01. The summed E-state index contributed by atoms with van der Waals surface area (Å²) in [5, 5.41) is 5.69. The van der Waals surface area contributed by atoms with E-state index in [2.05, 4.69) is 15.2 Å². The molecule has 0 bridgehead atoms. The van der Waals surface area contributed by atoms with Crippen molar-refractivity contribution in [3.05, 3.63) is 65.0 Å². The van der Waals surface area contributed by atoms with Gasteiger partial charge in [-0.1, -0.05) is 43.9 Å². The largest absolute Gasteiger partial charge is 0.694 e. The number of hydrogen-bond donors (Lipinski definition) is 3. The molecular weight excluding hydrogens is 557 g/mol. The van der Waals surface area contributed by atoms with E-state index in [0.29, 0.717) is 19.4 Å². The first kappa shape index (κ1) is 32.3. The topological polar surface area (TPSA) is 70.6 Å². The Kier molecular flexibility index (Phi) is 11.8. The Balaban J connectivity index is 1.61. The molecule has 1 aliphatic carbocycles. The van der Waals surface area contributed by atoms with Gasteiger partial charge in [0.05, 0.1) is 5.56 Å². The van der Waals surface area contributed by atoms with Crippen molar-refractivity contribution in [1.29, 1.82) is 0 Å². The van der Waals surface area contributed by atoms with Crippen molar-refractivity contribution < 1.29 is 40.3 Å². The normalized spacial score (nSPS) is 16.1. The number of anilines is 1. The van der Waals surface area contributed by atoms with Crippen LogP contribution in [0.3, 0.4) is 0 Å². The molecule has 1 fully saturated rings. The van der Waals surface area contributed by atoms with Crippen LogP contribution in [-0.4, -0.2) is 30.8 Å². The Bertz CT molecular complexity index is 1090. The van der Waals surface area contributed by atoms with Crippen LogP contribution in [0.2, 0.25) is 0 Å². The second-order valence-corrected chi connectivity index (χ2v) is 11.0. The van der Waals surface area contributed by atoms with Gasteiger partial charge in [-0.3, -0.25) is 0 Å². The number of unbranched alkanes of at least 4 members (excludes halogenated alkanes) is 1. The van der Waals surface area contributed by atoms with Crippen molar-refractivity contribution in [2.75, 3.05) is 25.0 Å². The zero-order chi connectivity index (χ0) is 29.2. The van der Waals surface area contributed by atoms with Crippen LogP contribution in [0.5, 0.6) is 0 Å². The number of halogens is 6. The first-order chi connectivity index (χ1) is 18.9. The van der Waals surface area contributed by atoms with E-state index in [1.807, 2.05) is 12.1 Å². The zero-order valence-corrected chi connectivity index (χ0v) is 23.1. The Morgan fingerprint density at radius 2 is 1.62 bits per heavy atom. The molecule has 2 aromatic carbocycles. The molecule has 3 rings (SSSR count). The SMILES string of the molecule is O=[P+](O)OCCCNCc1ccc(NCCCCC2(c3ccc(F)cc3)CCCCC2)c(C(F)(F)C(F)(F)F)c1. The third-order valence-corrected chi connectivity index (χ3v) is 7.88. The van der Waals surface area contributed by atoms with Crippen LogP contribution in [0, 0.1) is 5.82 Å². The molecule has 40 heavy (non-hydrogen) atoms. The van der Waals surface area contributed by atoms with Gasteiger partial charge in [-0.2, -0.15) is 22.0 Å². The van der Waals surface area contributed by atoms with Gasteiger partial charge in [0.1, 0.15) is 12.4 Å². The van der Waals surface area contributed by atoms with Crippen LogP contribution in [0.15, 0.2) is 42.5 Å². The Labute approximate surface area is 231 Å². The van der Waals surface area contributed by atoms with Crippen LogP contribution in [0.1, 0.15) is 74.5 Å². The summed E-state index contributed by atoms with van der Waals surface area (Å²) >= 11 is 0. The maximum absolute atomic E-state index is 14.5. The van der Waals surface area contributed by atoms with Crippen molar-refractivity contribution >= 4 is 13.9 Å². The van der Waals surface area contributed by atoms with Gasteiger partial charge in [0.25, 0.3) is 0 Å². The lowest BCUT2D eigenvalue weighted by molar-refractivity contribution is -0.289. The molecule has 0 amide bonds. The Hall–Kier alpha value is -2.20. The summed E-state index contributed by atoms with van der Waals surface area (Å²) in [4.78, 5) is 8.59. The van der Waals surface area contributed by atoms with E-state index in [9.17, 15) is 30.9 Å². The first-order valence-corrected chi connectivity index (χ1v) is 14.7. The minimum atomic E-state index is -5.75. The quantitative estimate of drug-likeness (QED) is 0.111. The molecule has 1 atom stereocenters. The molecule has 2 aromatic rings. The van der Waals surface area contributed by atoms with E-state index in [0.717, 1.165) is 56.6 Å². The molecule has 222 valence electrons. The van der Waals surface area contributed by atoms with Crippen LogP contribution in [-0.2, 0) is 27.0 Å². The van der Waals surface area contributed by atoms with Gasteiger partial charge in [-0.15, -0.1) is 9.42 Å². The number of rotatable bonds is 15. The van der Waals surface area contributed by atoms with Crippen molar-refractivity contribution in [1.82, 2.24) is 5.32 Å². The lowest BCUT2D eigenvalue weighted by Gasteiger charge is -2.38. The third kappa shape index (κ3) is 8.90. The molecule has 1 aliphatic rings. The molecule has 1 unspecified atom stereocenters. The van der Waals surface area contributed by atoms with Gasteiger partial charge in [0.2, 0.25) is 0 Å². The summed E-state index contributed by atoms with van der Waals surface area (Å²) in [6, 6.07) is 10.2. The highest BCUT2D eigenvalue weighted by Gasteiger charge is 2.59. The Morgan fingerprint density at radius 1 is 0.925 bits per heavy atom. The average Bonchev–Trinajstić information content (AvgIpc) is 2.91. The van der Waals surface area contributed by atoms with Crippen molar-refractivity contribution in [3.63, 3.8) is 0 Å². The van der Waals surface area contributed by atoms with Gasteiger partial charge >= 0.3 is 20.4 Å². The summed E-state index contributed by atoms with van der Waals surface area (Å²) < 4.78 is 97.3. The molecule has 0 saturated heterocycles. The van der Waals surface area contributed by atoms with Crippen molar-refractivity contribution in [2.24, 2.45) is 0 Å². The standard InChI is InChI=1S/C28H35F6N2O3P/c29-23-10-8-22(9-11-23)26(13-2-1-3-14-26)15-4-5-17-36-25-12-7-21(20-35-16-6-18-39-40(37)38)19-24(25)27(30,31)28(32,33)34/h7-12,19,35-36H,1-6,13-18,20H2/p+1. The summed E-state index contributed by atoms with van der Waals surface area (Å²) in [6.45, 7) is 0.584. The van der Waals surface area contributed by atoms with Crippen LogP contribution < -0.4 is 10.6 Å². The maximum atomic E-state index is 14.5. The average molecular weight is 594 g/mol. The summed E-state index contributed by atoms with van der Waals surface area (Å²) in [7, 11) is -2.71. The van der Waals surface area contributed by atoms with E-state index < -0.39 is 25.9 Å². The first-order valence-electron chi connectivity index (χ1n) is 13.5. The molecule has 0 heterocycles. The van der Waals surface area contributed by atoms with E-state index in [4.69, 9.17) is 4.89 Å². The van der Waals surface area contributed by atoms with Gasteiger partial charge in [-0.25, -0.2) is 4.39 Å². The highest BCUT2D eigenvalue weighted by Crippen LogP contribution is 2.47. The third-order valence-electron chi connectivity index (χ3n) is 7.47. The number of alkyl halides is 5. The lowest BCUT2D eigenvalue weighted by Crippen LogP contribution is -2.34. The van der Waals surface area contributed by atoms with E-state index in [1.54, 1.807) is 0 Å². The Morgan fingerprint density at radius 3 is 2.27 bits per heavy atom. The van der Waals surface area contributed by atoms with Gasteiger partial charge in [-0.05, 0) is 79.5 Å². The fraction of sp³-hybridized carbons (Fsp3) is 0.571. The van der Waals surface area contributed by atoms with E-state index in [-0.39, 0.29) is 42.2 Å². The zero-order valence-electron chi connectivity index (χ0n) is 22.2. The van der Waals surface area contributed by atoms with Gasteiger partial charge < -0.3 is 10.6 Å². The molecular formula is C28H36F6N2O3P+. The highest BCUT2D eigenvalue weighted by atomic mass is 31.1. The van der Waals surface area contributed by atoms with Crippen molar-refractivity contribution in [3.8, 4) is 0 Å². The fourth-order valence-electron chi connectivity index (χ4n) is 5.37. The van der Waals surface area contributed by atoms with Gasteiger partial charge in [0.15, 0.2) is 0 Å². The fourth-order valence-corrected chi connectivity index (χ4v) is 5.65. The highest BCUT2D eigenvalue weighted by molar-refractivity contribution is 7.32. The monoisotopic (exact) mass is 593 g/mol. The predicted octanol–water partition coefficient (Wildman–Crippen LogP) is 8.11. The number of nitrogens with one attached hydrogen (secondary N) is 2. The minimum Gasteiger partial charge on any atom is -0.385 e. The van der Waals surface area contributed by atoms with E-state index in [1.165, 1.54) is 24.3 Å². The lowest BCUT2D eigenvalue weighted by atomic mass is 9.67. The number of hydrogen-bond acceptors (Lipinski definition) is 4. The second kappa shape index (κ2) is 14.6. The summed E-state index contributed by atoms with van der Waals surface area (Å²) in [5.74, 6) is -5.33. The molecule has 5 nitrogen and oxygen atoms in total. The van der Waals surface area contributed by atoms with Crippen molar-refractivity contribution in [2.45, 2.75) is 81.8 Å². The van der Waals surface area contributed by atoms with Gasteiger partial charge in [0, 0.05) is 23.3 Å².